The average molecular weight is 328 g/mol. The normalized spacial score (nSPS) is 12.2. The summed E-state index contributed by atoms with van der Waals surface area (Å²) in [7, 11) is 0. The SMILES string of the molecule is Cc1cc(C(F)(F)F)c2c(n1)oc1c(-c3ccccn3)cccc12. The molecule has 0 N–H and O–H groups in total. The predicted octanol–water partition coefficient (Wildman–Crippen LogP) is 5.37. The Hall–Kier alpha value is -2.89. The van der Waals surface area contributed by atoms with E-state index in [4.69, 9.17) is 4.42 Å². The summed E-state index contributed by atoms with van der Waals surface area (Å²) in [5.41, 5.74) is 1.13. The lowest BCUT2D eigenvalue weighted by atomic mass is 10.0. The van der Waals surface area contributed by atoms with Gasteiger partial charge in [-0.05, 0) is 31.2 Å². The van der Waals surface area contributed by atoms with Gasteiger partial charge < -0.3 is 4.42 Å². The molecule has 3 nitrogen and oxygen atoms in total. The van der Waals surface area contributed by atoms with Gasteiger partial charge in [-0.3, -0.25) is 4.98 Å². The van der Waals surface area contributed by atoms with Gasteiger partial charge in [0.25, 0.3) is 0 Å². The Balaban J connectivity index is 2.14. The summed E-state index contributed by atoms with van der Waals surface area (Å²) < 4.78 is 46.0. The predicted molar refractivity (Wildman–Crippen MR) is 84.5 cm³/mol. The second-order valence-corrected chi connectivity index (χ2v) is 5.49. The van der Waals surface area contributed by atoms with Crippen molar-refractivity contribution in [3.8, 4) is 11.3 Å². The number of aryl methyl sites for hydroxylation is 1. The molecule has 0 spiro atoms. The highest BCUT2D eigenvalue weighted by Crippen LogP contribution is 2.41. The highest BCUT2D eigenvalue weighted by molar-refractivity contribution is 6.09. The number of halogens is 3. The zero-order chi connectivity index (χ0) is 16.9. The van der Waals surface area contributed by atoms with Gasteiger partial charge in [0.15, 0.2) is 0 Å². The van der Waals surface area contributed by atoms with Crippen LogP contribution in [0.25, 0.3) is 33.3 Å². The quantitative estimate of drug-likeness (QED) is 0.471. The van der Waals surface area contributed by atoms with Crippen LogP contribution in [0.5, 0.6) is 0 Å². The first-order valence-electron chi connectivity index (χ1n) is 7.26. The van der Waals surface area contributed by atoms with Gasteiger partial charge in [-0.1, -0.05) is 18.2 Å². The number of alkyl halides is 3. The number of benzene rings is 1. The molecule has 0 saturated heterocycles. The van der Waals surface area contributed by atoms with Crippen LogP contribution in [0.2, 0.25) is 0 Å². The molecular formula is C18H11F3N2O. The second kappa shape index (κ2) is 5.06. The number of hydrogen-bond donors (Lipinski definition) is 0. The summed E-state index contributed by atoms with van der Waals surface area (Å²) in [6.07, 6.45) is -2.86. The van der Waals surface area contributed by atoms with Crippen molar-refractivity contribution in [2.75, 3.05) is 0 Å². The van der Waals surface area contributed by atoms with Gasteiger partial charge in [0.05, 0.1) is 16.6 Å². The summed E-state index contributed by atoms with van der Waals surface area (Å²) in [5.74, 6) is 0. The van der Waals surface area contributed by atoms with Crippen molar-refractivity contribution in [1.82, 2.24) is 9.97 Å². The molecule has 120 valence electrons. The number of nitrogens with zero attached hydrogens (tertiary/aromatic N) is 2. The summed E-state index contributed by atoms with van der Waals surface area (Å²) in [4.78, 5) is 8.39. The van der Waals surface area contributed by atoms with E-state index in [1.165, 1.54) is 6.92 Å². The largest absolute Gasteiger partial charge is 0.437 e. The highest BCUT2D eigenvalue weighted by Gasteiger charge is 2.35. The average Bonchev–Trinajstić information content (AvgIpc) is 2.91. The van der Waals surface area contributed by atoms with Crippen molar-refractivity contribution >= 4 is 22.1 Å². The van der Waals surface area contributed by atoms with Gasteiger partial charge in [0.2, 0.25) is 5.71 Å². The molecule has 3 aromatic heterocycles. The van der Waals surface area contributed by atoms with Gasteiger partial charge in [0, 0.05) is 22.8 Å². The van der Waals surface area contributed by atoms with Gasteiger partial charge in [0.1, 0.15) is 5.58 Å². The van der Waals surface area contributed by atoms with Crippen LogP contribution >= 0.6 is 0 Å². The van der Waals surface area contributed by atoms with Gasteiger partial charge in [-0.2, -0.15) is 13.2 Å². The lowest BCUT2D eigenvalue weighted by Crippen LogP contribution is -2.06. The van der Waals surface area contributed by atoms with Gasteiger partial charge in [-0.25, -0.2) is 4.98 Å². The molecule has 24 heavy (non-hydrogen) atoms. The molecule has 0 amide bonds. The topological polar surface area (TPSA) is 38.9 Å². The number of aromatic nitrogens is 2. The molecule has 0 aliphatic heterocycles. The van der Waals surface area contributed by atoms with E-state index < -0.39 is 11.7 Å². The second-order valence-electron chi connectivity index (χ2n) is 5.49. The molecule has 6 heteroatoms. The third-order valence-electron chi connectivity index (χ3n) is 3.84. The number of furan rings is 1. The van der Waals surface area contributed by atoms with Crippen LogP contribution < -0.4 is 0 Å². The molecule has 0 aliphatic rings. The van der Waals surface area contributed by atoms with E-state index >= 15 is 0 Å². The first-order valence-corrected chi connectivity index (χ1v) is 7.26. The van der Waals surface area contributed by atoms with E-state index in [0.29, 0.717) is 22.2 Å². The Kier molecular flexibility index (Phi) is 3.09. The number of para-hydroxylation sites is 1. The molecule has 0 aliphatic carbocycles. The highest BCUT2D eigenvalue weighted by atomic mass is 19.4. The standard InChI is InChI=1S/C18H11F3N2O/c1-10-9-13(18(19,20)21)15-12-6-4-5-11(14-7-2-3-8-22-14)16(12)24-17(15)23-10/h2-9H,1H3. The minimum absolute atomic E-state index is 0.0131. The molecule has 1 aromatic carbocycles. The fourth-order valence-electron chi connectivity index (χ4n) is 2.87. The van der Waals surface area contributed by atoms with Crippen LogP contribution in [0.3, 0.4) is 0 Å². The zero-order valence-electron chi connectivity index (χ0n) is 12.6. The molecule has 0 fully saturated rings. The first-order chi connectivity index (χ1) is 11.4. The van der Waals surface area contributed by atoms with Crippen LogP contribution in [0.4, 0.5) is 13.2 Å². The van der Waals surface area contributed by atoms with E-state index in [9.17, 15) is 13.2 Å². The van der Waals surface area contributed by atoms with Crippen LogP contribution in [-0.2, 0) is 6.18 Å². The summed E-state index contributed by atoms with van der Waals surface area (Å²) >= 11 is 0. The molecule has 0 bridgehead atoms. The van der Waals surface area contributed by atoms with Crippen molar-refractivity contribution < 1.29 is 17.6 Å². The molecule has 0 saturated carbocycles. The fourth-order valence-corrected chi connectivity index (χ4v) is 2.87. The number of rotatable bonds is 1. The zero-order valence-corrected chi connectivity index (χ0v) is 12.6. The molecule has 0 radical (unpaired) electrons. The van der Waals surface area contributed by atoms with E-state index in [2.05, 4.69) is 9.97 Å². The van der Waals surface area contributed by atoms with Crippen LogP contribution in [-0.4, -0.2) is 9.97 Å². The maximum atomic E-state index is 13.4. The van der Waals surface area contributed by atoms with Crippen LogP contribution in [0.1, 0.15) is 11.3 Å². The minimum Gasteiger partial charge on any atom is -0.437 e. The third-order valence-corrected chi connectivity index (χ3v) is 3.84. The Morgan fingerprint density at radius 1 is 1.04 bits per heavy atom. The van der Waals surface area contributed by atoms with E-state index in [-0.39, 0.29) is 16.8 Å². The van der Waals surface area contributed by atoms with E-state index in [1.54, 1.807) is 36.5 Å². The van der Waals surface area contributed by atoms with Crippen molar-refractivity contribution in [3.63, 3.8) is 0 Å². The van der Waals surface area contributed by atoms with E-state index in [0.717, 1.165) is 6.07 Å². The monoisotopic (exact) mass is 328 g/mol. The lowest BCUT2D eigenvalue weighted by Gasteiger charge is -2.08. The third kappa shape index (κ3) is 2.22. The Labute approximate surface area is 134 Å². The van der Waals surface area contributed by atoms with Crippen molar-refractivity contribution in [2.24, 2.45) is 0 Å². The molecule has 3 heterocycles. The first kappa shape index (κ1) is 14.7. The summed E-state index contributed by atoms with van der Waals surface area (Å²) in [6, 6.07) is 11.5. The summed E-state index contributed by atoms with van der Waals surface area (Å²) in [5, 5.41) is 0.369. The molecule has 0 unspecified atom stereocenters. The molecule has 4 rings (SSSR count). The van der Waals surface area contributed by atoms with Gasteiger partial charge in [-0.15, -0.1) is 0 Å². The lowest BCUT2D eigenvalue weighted by molar-refractivity contribution is -0.136. The fraction of sp³-hybridized carbons (Fsp3) is 0.111. The Bertz CT molecular complexity index is 1050. The smallest absolute Gasteiger partial charge is 0.417 e. The Morgan fingerprint density at radius 2 is 1.88 bits per heavy atom. The number of pyridine rings is 2. The van der Waals surface area contributed by atoms with Crippen LogP contribution in [0, 0.1) is 6.92 Å². The number of fused-ring (bicyclic) bond motifs is 3. The summed E-state index contributed by atoms with van der Waals surface area (Å²) in [6.45, 7) is 1.52. The Morgan fingerprint density at radius 3 is 2.58 bits per heavy atom. The van der Waals surface area contributed by atoms with Crippen molar-refractivity contribution in [2.45, 2.75) is 13.1 Å². The minimum atomic E-state index is -4.48. The van der Waals surface area contributed by atoms with Crippen LogP contribution in [0.15, 0.2) is 53.1 Å². The molecular weight excluding hydrogens is 317 g/mol. The maximum Gasteiger partial charge on any atom is 0.417 e. The van der Waals surface area contributed by atoms with Crippen molar-refractivity contribution in [1.29, 1.82) is 0 Å². The van der Waals surface area contributed by atoms with Crippen molar-refractivity contribution in [3.05, 3.63) is 59.9 Å². The van der Waals surface area contributed by atoms with E-state index in [1.807, 2.05) is 6.07 Å². The van der Waals surface area contributed by atoms with Gasteiger partial charge >= 0.3 is 6.18 Å². The molecule has 0 atom stereocenters. The maximum absolute atomic E-state index is 13.4. The molecule has 4 aromatic rings. The number of hydrogen-bond acceptors (Lipinski definition) is 3.